The number of thioether (sulfide) groups is 1. The van der Waals surface area contributed by atoms with Crippen molar-refractivity contribution in [2.75, 3.05) is 18.2 Å². The highest BCUT2D eigenvalue weighted by Gasteiger charge is 2.49. The van der Waals surface area contributed by atoms with Crippen molar-refractivity contribution in [2.24, 2.45) is 11.7 Å². The Kier molecular flexibility index (Phi) is 5.22. The third-order valence-electron chi connectivity index (χ3n) is 5.47. The summed E-state index contributed by atoms with van der Waals surface area (Å²) in [4.78, 5) is 20.5. The number of carbonyl (C=O) groups excluding carboxylic acids is 1. The zero-order chi connectivity index (χ0) is 19.7. The van der Waals surface area contributed by atoms with Crippen LogP contribution < -0.4 is 21.1 Å². The fourth-order valence-electron chi connectivity index (χ4n) is 4.12. The maximum atomic E-state index is 14.8. The Bertz CT molecular complexity index is 881. The van der Waals surface area contributed by atoms with Crippen LogP contribution in [0.1, 0.15) is 35.3 Å². The van der Waals surface area contributed by atoms with E-state index in [1.807, 2.05) is 0 Å². The highest BCUT2D eigenvalue weighted by Crippen LogP contribution is 2.49. The summed E-state index contributed by atoms with van der Waals surface area (Å²) in [6.07, 6.45) is 5.58. The monoisotopic (exact) mass is 403 g/mol. The molecular formula is C19H22FN5O2S. The van der Waals surface area contributed by atoms with E-state index in [9.17, 15) is 9.18 Å². The molecule has 9 heteroatoms. The van der Waals surface area contributed by atoms with Crippen LogP contribution in [0, 0.1) is 11.7 Å². The number of amides is 1. The van der Waals surface area contributed by atoms with E-state index in [0.717, 1.165) is 25.0 Å². The Morgan fingerprint density at radius 2 is 2.29 bits per heavy atom. The van der Waals surface area contributed by atoms with Gasteiger partial charge in [0.05, 0.1) is 25.0 Å². The molecule has 2 aliphatic rings. The molecule has 1 unspecified atom stereocenters. The lowest BCUT2D eigenvalue weighted by Gasteiger charge is -2.43. The minimum Gasteiger partial charge on any atom is -0.480 e. The van der Waals surface area contributed by atoms with Crippen molar-refractivity contribution in [1.29, 1.82) is 0 Å². The van der Waals surface area contributed by atoms with Crippen LogP contribution in [0.3, 0.4) is 0 Å². The molecule has 4 rings (SSSR count). The normalized spacial score (nSPS) is 26.5. The fraction of sp³-hybridized carbons (Fsp3) is 0.421. The summed E-state index contributed by atoms with van der Waals surface area (Å²) >= 11 is 1.66. The lowest BCUT2D eigenvalue weighted by atomic mass is 9.80. The summed E-state index contributed by atoms with van der Waals surface area (Å²) in [5.74, 6) is 0.818. The Labute approximate surface area is 166 Å². The van der Waals surface area contributed by atoms with E-state index in [1.54, 1.807) is 23.9 Å². The van der Waals surface area contributed by atoms with Crippen LogP contribution in [0.15, 0.2) is 30.6 Å². The molecule has 1 amide bonds. The summed E-state index contributed by atoms with van der Waals surface area (Å²) in [6, 6.07) is 4.65. The van der Waals surface area contributed by atoms with E-state index >= 15 is 0 Å². The maximum absolute atomic E-state index is 14.8. The van der Waals surface area contributed by atoms with Crippen molar-refractivity contribution in [2.45, 2.75) is 30.3 Å². The molecule has 3 atom stereocenters. The van der Waals surface area contributed by atoms with Crippen LogP contribution in [0.25, 0.3) is 0 Å². The first-order chi connectivity index (χ1) is 13.5. The summed E-state index contributed by atoms with van der Waals surface area (Å²) in [5, 5.41) is 6.20. The standard InChI is InChI=1S/C19H22FN5O2S/c1-27-16-9-22-15(8-23-16)17(26)24-12-4-5-14(20)13(7-12)19-6-2-3-11(19)10-28-18(21)25-19/h4-5,7-9,11,18,25H,2-3,6,10,21H2,1H3,(H,24,26)/t11-,18?,19-/m0/s1. The van der Waals surface area contributed by atoms with Crippen molar-refractivity contribution in [1.82, 2.24) is 15.3 Å². The second-order valence-corrected chi connectivity index (χ2v) is 8.23. The number of benzene rings is 1. The number of rotatable bonds is 4. The molecule has 0 radical (unpaired) electrons. The Morgan fingerprint density at radius 1 is 1.43 bits per heavy atom. The van der Waals surface area contributed by atoms with Crippen LogP contribution in [-0.2, 0) is 5.54 Å². The second kappa shape index (κ2) is 7.65. The molecule has 4 N–H and O–H groups in total. The van der Waals surface area contributed by atoms with Gasteiger partial charge in [0.1, 0.15) is 17.0 Å². The maximum Gasteiger partial charge on any atom is 0.275 e. The van der Waals surface area contributed by atoms with E-state index in [4.69, 9.17) is 10.5 Å². The topological polar surface area (TPSA) is 102 Å². The first kappa shape index (κ1) is 19.1. The number of fused-ring (bicyclic) bond motifs is 1. The summed E-state index contributed by atoms with van der Waals surface area (Å²) < 4.78 is 19.8. The fourth-order valence-corrected chi connectivity index (χ4v) is 5.30. The summed E-state index contributed by atoms with van der Waals surface area (Å²) in [6.45, 7) is 0. The molecule has 148 valence electrons. The number of hydrogen-bond donors (Lipinski definition) is 3. The quantitative estimate of drug-likeness (QED) is 0.721. The number of nitrogens with zero attached hydrogens (tertiary/aromatic N) is 2. The number of anilines is 1. The predicted molar refractivity (Wildman–Crippen MR) is 106 cm³/mol. The molecule has 7 nitrogen and oxygen atoms in total. The third kappa shape index (κ3) is 3.45. The molecule has 1 saturated carbocycles. The largest absolute Gasteiger partial charge is 0.480 e. The number of ether oxygens (including phenoxy) is 1. The van der Waals surface area contributed by atoms with Gasteiger partial charge in [0.25, 0.3) is 5.91 Å². The summed E-state index contributed by atoms with van der Waals surface area (Å²) in [7, 11) is 1.48. The Morgan fingerprint density at radius 3 is 3.04 bits per heavy atom. The molecular weight excluding hydrogens is 381 g/mol. The first-order valence-corrected chi connectivity index (χ1v) is 10.2. The smallest absolute Gasteiger partial charge is 0.275 e. The van der Waals surface area contributed by atoms with E-state index in [0.29, 0.717) is 23.0 Å². The minimum absolute atomic E-state index is 0.151. The molecule has 2 heterocycles. The molecule has 1 aromatic heterocycles. The Hall–Kier alpha value is -2.23. The van der Waals surface area contributed by atoms with E-state index < -0.39 is 11.4 Å². The van der Waals surface area contributed by atoms with Gasteiger partial charge < -0.3 is 15.8 Å². The van der Waals surface area contributed by atoms with Gasteiger partial charge in [-0.2, -0.15) is 0 Å². The molecule has 2 aromatic rings. The molecule has 2 fully saturated rings. The zero-order valence-corrected chi connectivity index (χ0v) is 16.3. The zero-order valence-electron chi connectivity index (χ0n) is 15.4. The van der Waals surface area contributed by atoms with Gasteiger partial charge >= 0.3 is 0 Å². The highest BCUT2D eigenvalue weighted by molar-refractivity contribution is 7.99. The van der Waals surface area contributed by atoms with Crippen molar-refractivity contribution in [3.05, 3.63) is 47.7 Å². The Balaban J connectivity index is 1.61. The van der Waals surface area contributed by atoms with Gasteiger partial charge in [-0.05, 0) is 37.0 Å². The molecule has 1 aromatic carbocycles. The lowest BCUT2D eigenvalue weighted by molar-refractivity contribution is 0.102. The SMILES string of the molecule is COc1cnc(C(=O)Nc2ccc(F)c([C@]34CCC[C@H]3CSC(N)N4)c2)cn1. The molecule has 0 spiro atoms. The van der Waals surface area contributed by atoms with Gasteiger partial charge in [-0.1, -0.05) is 6.42 Å². The number of halogens is 1. The number of hydrogen-bond acceptors (Lipinski definition) is 7. The van der Waals surface area contributed by atoms with Crippen molar-refractivity contribution in [3.8, 4) is 5.88 Å². The van der Waals surface area contributed by atoms with Crippen LogP contribution in [0.2, 0.25) is 0 Å². The highest BCUT2D eigenvalue weighted by atomic mass is 32.2. The van der Waals surface area contributed by atoms with Crippen molar-refractivity contribution >= 4 is 23.4 Å². The molecule has 0 bridgehead atoms. The number of nitrogens with one attached hydrogen (secondary N) is 2. The van der Waals surface area contributed by atoms with Gasteiger partial charge in [0.2, 0.25) is 5.88 Å². The number of carbonyl (C=O) groups is 1. The van der Waals surface area contributed by atoms with Gasteiger partial charge in [0, 0.05) is 17.0 Å². The number of aromatic nitrogens is 2. The van der Waals surface area contributed by atoms with Gasteiger partial charge in [-0.15, -0.1) is 11.8 Å². The predicted octanol–water partition coefficient (Wildman–Crippen LogP) is 2.45. The van der Waals surface area contributed by atoms with Gasteiger partial charge in [-0.3, -0.25) is 10.1 Å². The van der Waals surface area contributed by atoms with E-state index in [-0.39, 0.29) is 17.0 Å². The minimum atomic E-state index is -0.491. The van der Waals surface area contributed by atoms with Crippen molar-refractivity contribution < 1.29 is 13.9 Å². The van der Waals surface area contributed by atoms with Crippen LogP contribution >= 0.6 is 11.8 Å². The number of methoxy groups -OCH3 is 1. The van der Waals surface area contributed by atoms with Crippen molar-refractivity contribution in [3.63, 3.8) is 0 Å². The summed E-state index contributed by atoms with van der Waals surface area (Å²) in [5.41, 5.74) is 6.61. The average Bonchev–Trinajstić information content (AvgIpc) is 3.13. The molecule has 28 heavy (non-hydrogen) atoms. The second-order valence-electron chi connectivity index (χ2n) is 7.05. The first-order valence-electron chi connectivity index (χ1n) is 9.14. The molecule has 1 aliphatic heterocycles. The van der Waals surface area contributed by atoms with Gasteiger partial charge in [-0.25, -0.2) is 14.4 Å². The van der Waals surface area contributed by atoms with Crippen LogP contribution in [0.5, 0.6) is 5.88 Å². The van der Waals surface area contributed by atoms with Crippen LogP contribution in [-0.4, -0.2) is 34.2 Å². The lowest BCUT2D eigenvalue weighted by Crippen LogP contribution is -2.57. The average molecular weight is 403 g/mol. The third-order valence-corrected chi connectivity index (χ3v) is 6.54. The molecule has 1 aliphatic carbocycles. The van der Waals surface area contributed by atoms with Gasteiger partial charge in [0.15, 0.2) is 0 Å². The molecule has 1 saturated heterocycles. The number of nitrogens with two attached hydrogens (primary N) is 1. The van der Waals surface area contributed by atoms with E-state index in [2.05, 4.69) is 20.6 Å². The van der Waals surface area contributed by atoms with E-state index in [1.165, 1.54) is 25.6 Å². The van der Waals surface area contributed by atoms with Crippen LogP contribution in [0.4, 0.5) is 10.1 Å².